The minimum absolute atomic E-state index is 0.336. The molecule has 1 unspecified atom stereocenters. The molecule has 12 rings (SSSR count). The van der Waals surface area contributed by atoms with Gasteiger partial charge in [0.1, 0.15) is 0 Å². The quantitative estimate of drug-likeness (QED) is 0.132. The third kappa shape index (κ3) is 5.44. The van der Waals surface area contributed by atoms with Crippen molar-refractivity contribution in [1.82, 2.24) is 0 Å². The molecule has 1 heteroatoms. The van der Waals surface area contributed by atoms with E-state index in [1.165, 1.54) is 103 Å². The van der Waals surface area contributed by atoms with Crippen LogP contribution >= 0.6 is 0 Å². The van der Waals surface area contributed by atoms with E-state index in [2.05, 4.69) is 218 Å². The van der Waals surface area contributed by atoms with Crippen molar-refractivity contribution in [3.8, 4) is 0 Å². The summed E-state index contributed by atoms with van der Waals surface area (Å²) in [6.45, 7) is 0. The van der Waals surface area contributed by atoms with Gasteiger partial charge in [-0.2, -0.15) is 0 Å². The fraction of sp³-hybridized carbons (Fsp3) is 0.0508. The van der Waals surface area contributed by atoms with Crippen molar-refractivity contribution in [3.05, 3.63) is 241 Å². The van der Waals surface area contributed by atoms with Crippen LogP contribution in [0.2, 0.25) is 0 Å². The molecule has 0 saturated carbocycles. The van der Waals surface area contributed by atoms with E-state index in [0.29, 0.717) is 6.42 Å². The summed E-state index contributed by atoms with van der Waals surface area (Å²) in [5.41, 5.74) is 12.1. The van der Waals surface area contributed by atoms with E-state index < -0.39 is 5.41 Å². The SMILES string of the molecule is NC(CC(c1cccc2cc3ccccc3cc12)(c1cccc2cc3ccccc3cc12)c1cccc2cc3ccccc3cc12)c1cccc2cc3ccccc3cc12. The van der Waals surface area contributed by atoms with E-state index >= 15 is 0 Å². The zero-order valence-electron chi connectivity index (χ0n) is 33.1. The van der Waals surface area contributed by atoms with Gasteiger partial charge in [-0.25, -0.2) is 0 Å². The van der Waals surface area contributed by atoms with Gasteiger partial charge in [0.2, 0.25) is 0 Å². The van der Waals surface area contributed by atoms with Crippen LogP contribution in [-0.2, 0) is 5.41 Å². The van der Waals surface area contributed by atoms with Gasteiger partial charge in [-0.3, -0.25) is 0 Å². The van der Waals surface area contributed by atoms with Crippen LogP contribution in [0.3, 0.4) is 0 Å². The van der Waals surface area contributed by atoms with Gasteiger partial charge in [-0.1, -0.05) is 170 Å². The maximum Gasteiger partial charge on any atom is 0.0487 e. The van der Waals surface area contributed by atoms with Gasteiger partial charge in [-0.05, 0) is 163 Å². The van der Waals surface area contributed by atoms with Crippen molar-refractivity contribution in [1.29, 1.82) is 0 Å². The second-order valence-electron chi connectivity index (χ2n) is 16.7. The van der Waals surface area contributed by atoms with Gasteiger partial charge in [0.15, 0.2) is 0 Å². The fourth-order valence-electron chi connectivity index (χ4n) is 10.5. The molecule has 0 radical (unpaired) electrons. The van der Waals surface area contributed by atoms with Gasteiger partial charge in [0.05, 0.1) is 0 Å². The summed E-state index contributed by atoms with van der Waals surface area (Å²) in [5, 5.41) is 19.6. The highest BCUT2D eigenvalue weighted by Gasteiger charge is 2.42. The monoisotopic (exact) mass is 763 g/mol. The number of fused-ring (bicyclic) bond motifs is 8. The standard InChI is InChI=1S/C59H41N/c60-58(50-25-9-21-46-29-38-13-1-5-17-42(38)33-51(46)50)37-59(55-26-10-22-47-30-39-14-2-6-18-43(39)34-52(47)55,56-27-11-23-48-31-40-15-3-7-19-44(40)35-53(48)56)57-28-12-24-49-32-41-16-4-8-20-45(41)36-54(49)57/h1-36,58H,37,60H2. The van der Waals surface area contributed by atoms with E-state index in [9.17, 15) is 0 Å². The molecule has 1 atom stereocenters. The predicted octanol–water partition coefficient (Wildman–Crippen LogP) is 15.3. The Kier molecular flexibility index (Phi) is 7.88. The zero-order chi connectivity index (χ0) is 39.8. The Labute approximate surface area is 348 Å². The second-order valence-corrected chi connectivity index (χ2v) is 16.7. The molecule has 0 aliphatic rings. The second kappa shape index (κ2) is 13.6. The lowest BCUT2D eigenvalue weighted by atomic mass is 9.62. The lowest BCUT2D eigenvalue weighted by molar-refractivity contribution is 0.502. The van der Waals surface area contributed by atoms with E-state index in [1.54, 1.807) is 0 Å². The number of hydrogen-bond donors (Lipinski definition) is 1. The third-order valence-corrected chi connectivity index (χ3v) is 13.3. The summed E-state index contributed by atoms with van der Waals surface area (Å²) in [5.74, 6) is 0. The van der Waals surface area contributed by atoms with Crippen molar-refractivity contribution in [3.63, 3.8) is 0 Å². The molecule has 60 heavy (non-hydrogen) atoms. The van der Waals surface area contributed by atoms with Crippen molar-refractivity contribution in [2.75, 3.05) is 0 Å². The minimum atomic E-state index is -0.718. The zero-order valence-corrected chi connectivity index (χ0v) is 33.1. The first kappa shape index (κ1) is 34.7. The van der Waals surface area contributed by atoms with Crippen LogP contribution in [0.25, 0.3) is 86.2 Å². The van der Waals surface area contributed by atoms with E-state index in [4.69, 9.17) is 5.73 Å². The summed E-state index contributed by atoms with van der Waals surface area (Å²) in [6.07, 6.45) is 0.628. The van der Waals surface area contributed by atoms with Gasteiger partial charge in [-0.15, -0.1) is 0 Å². The fourth-order valence-corrected chi connectivity index (χ4v) is 10.5. The third-order valence-electron chi connectivity index (χ3n) is 13.3. The van der Waals surface area contributed by atoms with Gasteiger partial charge in [0.25, 0.3) is 0 Å². The molecule has 0 fully saturated rings. The largest absolute Gasteiger partial charge is 0.324 e. The number of rotatable bonds is 6. The molecule has 2 N–H and O–H groups in total. The van der Waals surface area contributed by atoms with Crippen LogP contribution in [-0.4, -0.2) is 0 Å². The van der Waals surface area contributed by atoms with Crippen LogP contribution < -0.4 is 5.73 Å². The van der Waals surface area contributed by atoms with Crippen LogP contribution in [0.5, 0.6) is 0 Å². The highest BCUT2D eigenvalue weighted by atomic mass is 14.7. The van der Waals surface area contributed by atoms with Gasteiger partial charge < -0.3 is 5.73 Å². The Morgan fingerprint density at radius 3 is 0.900 bits per heavy atom. The average molecular weight is 764 g/mol. The molecule has 1 nitrogen and oxygen atoms in total. The lowest BCUT2D eigenvalue weighted by Gasteiger charge is -2.41. The Morgan fingerprint density at radius 2 is 0.550 bits per heavy atom. The van der Waals surface area contributed by atoms with Crippen molar-refractivity contribution in [2.24, 2.45) is 5.73 Å². The lowest BCUT2D eigenvalue weighted by Crippen LogP contribution is -2.34. The average Bonchev–Trinajstić information content (AvgIpc) is 3.30. The predicted molar refractivity (Wildman–Crippen MR) is 257 cm³/mol. The highest BCUT2D eigenvalue weighted by molar-refractivity contribution is 6.06. The summed E-state index contributed by atoms with van der Waals surface area (Å²) >= 11 is 0. The molecular weight excluding hydrogens is 723 g/mol. The Hall–Kier alpha value is -7.32. The topological polar surface area (TPSA) is 26.0 Å². The molecule has 0 spiro atoms. The Bertz CT molecular complexity index is 3390. The number of benzene rings is 12. The summed E-state index contributed by atoms with van der Waals surface area (Å²) in [7, 11) is 0. The molecule has 12 aromatic carbocycles. The molecule has 0 aliphatic heterocycles. The van der Waals surface area contributed by atoms with E-state index in [-0.39, 0.29) is 6.04 Å². The van der Waals surface area contributed by atoms with Crippen LogP contribution in [0, 0.1) is 0 Å². The van der Waals surface area contributed by atoms with Gasteiger partial charge >= 0.3 is 0 Å². The molecular formula is C59H41N. The first-order chi connectivity index (χ1) is 29.6. The van der Waals surface area contributed by atoms with Gasteiger partial charge in [0, 0.05) is 11.5 Å². The Balaban J connectivity index is 1.25. The molecule has 0 aromatic heterocycles. The molecule has 0 amide bonds. The van der Waals surface area contributed by atoms with Crippen molar-refractivity contribution in [2.45, 2.75) is 17.9 Å². The summed E-state index contributed by atoms with van der Waals surface area (Å²) in [4.78, 5) is 0. The van der Waals surface area contributed by atoms with Crippen LogP contribution in [0.15, 0.2) is 218 Å². The summed E-state index contributed by atoms with van der Waals surface area (Å²) < 4.78 is 0. The first-order valence-corrected chi connectivity index (χ1v) is 21.0. The molecule has 282 valence electrons. The first-order valence-electron chi connectivity index (χ1n) is 21.0. The molecule has 0 bridgehead atoms. The maximum atomic E-state index is 7.91. The van der Waals surface area contributed by atoms with Crippen LogP contribution in [0.1, 0.15) is 34.7 Å². The van der Waals surface area contributed by atoms with Crippen molar-refractivity contribution < 1.29 is 0 Å². The normalized spacial score (nSPS) is 12.8. The van der Waals surface area contributed by atoms with E-state index in [1.807, 2.05) is 0 Å². The molecule has 0 aliphatic carbocycles. The van der Waals surface area contributed by atoms with Crippen LogP contribution in [0.4, 0.5) is 0 Å². The number of nitrogens with two attached hydrogens (primary N) is 1. The molecule has 0 heterocycles. The molecule has 12 aromatic rings. The van der Waals surface area contributed by atoms with E-state index in [0.717, 1.165) is 5.56 Å². The molecule has 0 saturated heterocycles. The number of hydrogen-bond acceptors (Lipinski definition) is 1. The minimum Gasteiger partial charge on any atom is -0.324 e. The van der Waals surface area contributed by atoms with Crippen molar-refractivity contribution >= 4 is 86.2 Å². The summed E-state index contributed by atoms with van der Waals surface area (Å²) in [6, 6.07) is 81.0. The Morgan fingerprint density at radius 1 is 0.283 bits per heavy atom. The smallest absolute Gasteiger partial charge is 0.0487 e. The highest BCUT2D eigenvalue weighted by Crippen LogP contribution is 2.52. The maximum absolute atomic E-state index is 7.91.